The van der Waals surface area contributed by atoms with Crippen LogP contribution in [0.2, 0.25) is 0 Å². The average molecular weight is 341 g/mol. The van der Waals surface area contributed by atoms with Crippen LogP contribution < -0.4 is 4.74 Å². The van der Waals surface area contributed by atoms with Crippen LogP contribution >= 0.6 is 15.9 Å². The summed E-state index contributed by atoms with van der Waals surface area (Å²) in [6, 6.07) is 6.52. The maximum atomic E-state index is 6.20. The van der Waals surface area contributed by atoms with Gasteiger partial charge in [0.1, 0.15) is 18.0 Å². The molecule has 0 saturated heterocycles. The summed E-state index contributed by atoms with van der Waals surface area (Å²) in [5.74, 6) is 1.53. The van der Waals surface area contributed by atoms with Crippen LogP contribution in [0.1, 0.15) is 50.7 Å². The third-order valence-electron chi connectivity index (χ3n) is 3.85. The van der Waals surface area contributed by atoms with Crippen molar-refractivity contribution in [2.45, 2.75) is 63.5 Å². The number of hydrogen-bond donors (Lipinski definition) is 0. The Bertz CT molecular complexity index is 445. The van der Waals surface area contributed by atoms with Crippen molar-refractivity contribution in [3.8, 4) is 5.75 Å². The van der Waals surface area contributed by atoms with E-state index in [1.165, 1.54) is 11.1 Å². The van der Waals surface area contributed by atoms with Gasteiger partial charge < -0.3 is 9.47 Å². The van der Waals surface area contributed by atoms with Gasteiger partial charge in [-0.1, -0.05) is 48.8 Å². The summed E-state index contributed by atoms with van der Waals surface area (Å²) in [4.78, 5) is 0.424. The van der Waals surface area contributed by atoms with Crippen LogP contribution in [0.25, 0.3) is 0 Å². The monoisotopic (exact) mass is 340 g/mol. The van der Waals surface area contributed by atoms with E-state index >= 15 is 0 Å². The number of benzene rings is 1. The van der Waals surface area contributed by atoms with Gasteiger partial charge in [-0.25, -0.2) is 0 Å². The lowest BCUT2D eigenvalue weighted by molar-refractivity contribution is -0.0764. The highest BCUT2D eigenvalue weighted by atomic mass is 79.9. The topological polar surface area (TPSA) is 18.5 Å². The fraction of sp³-hybridized carbons (Fsp3) is 0.647. The maximum absolute atomic E-state index is 6.20. The van der Waals surface area contributed by atoms with Crippen LogP contribution in [0, 0.1) is 6.92 Å². The van der Waals surface area contributed by atoms with Gasteiger partial charge in [0, 0.05) is 17.9 Å². The van der Waals surface area contributed by atoms with Gasteiger partial charge in [0.15, 0.2) is 0 Å². The van der Waals surface area contributed by atoms with Crippen molar-refractivity contribution in [3.05, 3.63) is 29.3 Å². The van der Waals surface area contributed by atoms with E-state index in [2.05, 4.69) is 61.8 Å². The first-order valence-corrected chi connectivity index (χ1v) is 8.47. The van der Waals surface area contributed by atoms with Crippen molar-refractivity contribution >= 4 is 15.9 Å². The molecular formula is C17H25BrO2. The highest BCUT2D eigenvalue weighted by molar-refractivity contribution is 9.09. The molecule has 1 aromatic rings. The lowest BCUT2D eigenvalue weighted by atomic mass is 9.91. The molecule has 1 aliphatic rings. The van der Waals surface area contributed by atoms with E-state index in [0.29, 0.717) is 10.7 Å². The second-order valence-corrected chi connectivity index (χ2v) is 7.10. The van der Waals surface area contributed by atoms with Gasteiger partial charge in [-0.15, -0.1) is 0 Å². The third-order valence-corrected chi connectivity index (χ3v) is 4.75. The maximum Gasteiger partial charge on any atom is 0.127 e. The molecule has 1 fully saturated rings. The first-order chi connectivity index (χ1) is 9.52. The molecule has 2 rings (SSSR count). The molecule has 112 valence electrons. The van der Waals surface area contributed by atoms with Gasteiger partial charge in [0.25, 0.3) is 0 Å². The minimum Gasteiger partial charge on any atom is -0.487 e. The normalized spacial score (nSPS) is 25.6. The van der Waals surface area contributed by atoms with Gasteiger partial charge in [0.05, 0.1) is 0 Å². The predicted octanol–water partition coefficient (Wildman–Crippen LogP) is 4.83. The zero-order chi connectivity index (χ0) is 14.7. The smallest absolute Gasteiger partial charge is 0.127 e. The van der Waals surface area contributed by atoms with Crippen molar-refractivity contribution in [3.63, 3.8) is 0 Å². The zero-order valence-corrected chi connectivity index (χ0v) is 14.4. The van der Waals surface area contributed by atoms with Gasteiger partial charge >= 0.3 is 0 Å². The number of alkyl halides is 1. The van der Waals surface area contributed by atoms with E-state index in [0.717, 1.165) is 25.2 Å². The number of rotatable bonds is 6. The van der Waals surface area contributed by atoms with Crippen LogP contribution in [0.5, 0.6) is 5.75 Å². The fourth-order valence-corrected chi connectivity index (χ4v) is 3.24. The molecule has 2 nitrogen and oxygen atoms in total. The van der Waals surface area contributed by atoms with Crippen LogP contribution in [-0.2, 0) is 4.74 Å². The standard InChI is InChI=1S/C17H25BrO2/c1-5-8-19-17-14(18)10-16(17)20-15-9-13(11(2)3)7-6-12(15)4/h6-7,9,11,14,16-17H,5,8,10H2,1-4H3. The lowest BCUT2D eigenvalue weighted by Gasteiger charge is -2.41. The molecule has 0 aromatic heterocycles. The molecule has 1 saturated carbocycles. The van der Waals surface area contributed by atoms with Crippen LogP contribution in [-0.4, -0.2) is 23.6 Å². The number of aryl methyl sites for hydroxylation is 1. The van der Waals surface area contributed by atoms with Gasteiger partial charge in [-0.2, -0.15) is 0 Å². The Morgan fingerprint density at radius 3 is 2.70 bits per heavy atom. The summed E-state index contributed by atoms with van der Waals surface area (Å²) < 4.78 is 12.1. The van der Waals surface area contributed by atoms with Crippen molar-refractivity contribution in [2.24, 2.45) is 0 Å². The zero-order valence-electron chi connectivity index (χ0n) is 12.9. The Labute approximate surface area is 131 Å². The van der Waals surface area contributed by atoms with Crippen LogP contribution in [0.3, 0.4) is 0 Å². The van der Waals surface area contributed by atoms with E-state index in [1.807, 2.05) is 0 Å². The number of hydrogen-bond acceptors (Lipinski definition) is 2. The fourth-order valence-electron chi connectivity index (χ4n) is 2.37. The summed E-state index contributed by atoms with van der Waals surface area (Å²) in [5.41, 5.74) is 2.52. The second-order valence-electron chi connectivity index (χ2n) is 5.92. The molecule has 1 aliphatic carbocycles. The summed E-state index contributed by atoms with van der Waals surface area (Å²) in [6.45, 7) is 9.45. The quantitative estimate of drug-likeness (QED) is 0.690. The third kappa shape index (κ3) is 3.56. The first kappa shape index (κ1) is 15.8. The van der Waals surface area contributed by atoms with E-state index in [-0.39, 0.29) is 12.2 Å². The van der Waals surface area contributed by atoms with Crippen molar-refractivity contribution in [1.29, 1.82) is 0 Å². The molecular weight excluding hydrogens is 316 g/mol. The molecule has 0 bridgehead atoms. The molecule has 20 heavy (non-hydrogen) atoms. The molecule has 3 atom stereocenters. The van der Waals surface area contributed by atoms with Crippen molar-refractivity contribution < 1.29 is 9.47 Å². The molecule has 1 aromatic carbocycles. The Morgan fingerprint density at radius 1 is 1.35 bits per heavy atom. The van der Waals surface area contributed by atoms with E-state index in [1.54, 1.807) is 0 Å². The summed E-state index contributed by atoms with van der Waals surface area (Å²) in [6.07, 6.45) is 2.41. The highest BCUT2D eigenvalue weighted by Gasteiger charge is 2.42. The summed E-state index contributed by atoms with van der Waals surface area (Å²) in [7, 11) is 0. The van der Waals surface area contributed by atoms with Crippen LogP contribution in [0.4, 0.5) is 0 Å². The lowest BCUT2D eigenvalue weighted by Crippen LogP contribution is -2.52. The van der Waals surface area contributed by atoms with E-state index in [4.69, 9.17) is 9.47 Å². The summed E-state index contributed by atoms with van der Waals surface area (Å²) in [5, 5.41) is 0. The van der Waals surface area contributed by atoms with Crippen molar-refractivity contribution in [2.75, 3.05) is 6.61 Å². The van der Waals surface area contributed by atoms with Gasteiger partial charge in [-0.05, 0) is 36.5 Å². The van der Waals surface area contributed by atoms with Crippen LogP contribution in [0.15, 0.2) is 18.2 Å². The minimum absolute atomic E-state index is 0.173. The Hall–Kier alpha value is -0.540. The van der Waals surface area contributed by atoms with Gasteiger partial charge in [0.2, 0.25) is 0 Å². The highest BCUT2D eigenvalue weighted by Crippen LogP contribution is 2.36. The SMILES string of the molecule is CCCOC1C(Br)CC1Oc1cc(C(C)C)ccc1C. The molecule has 0 N–H and O–H groups in total. The molecule has 3 heteroatoms. The second kappa shape index (κ2) is 6.95. The minimum atomic E-state index is 0.173. The summed E-state index contributed by atoms with van der Waals surface area (Å²) >= 11 is 3.66. The van der Waals surface area contributed by atoms with Crippen molar-refractivity contribution in [1.82, 2.24) is 0 Å². The average Bonchev–Trinajstić information content (AvgIpc) is 2.40. The number of halogens is 1. The number of ether oxygens (including phenoxy) is 2. The molecule has 0 amide bonds. The van der Waals surface area contributed by atoms with Gasteiger partial charge in [-0.3, -0.25) is 0 Å². The van der Waals surface area contributed by atoms with E-state index in [9.17, 15) is 0 Å². The predicted molar refractivity (Wildman–Crippen MR) is 87.0 cm³/mol. The molecule has 3 unspecified atom stereocenters. The molecule has 0 spiro atoms. The first-order valence-electron chi connectivity index (χ1n) is 7.55. The molecule has 0 heterocycles. The molecule has 0 aliphatic heterocycles. The Morgan fingerprint density at radius 2 is 2.10 bits per heavy atom. The Kier molecular flexibility index (Phi) is 5.50. The Balaban J connectivity index is 2.04. The largest absolute Gasteiger partial charge is 0.487 e. The van der Waals surface area contributed by atoms with E-state index < -0.39 is 0 Å². The molecule has 0 radical (unpaired) electrons.